The molecule has 1 N–H and O–H groups in total. The van der Waals surface area contributed by atoms with Gasteiger partial charge in [0.25, 0.3) is 0 Å². The molecule has 6 nitrogen and oxygen atoms in total. The van der Waals surface area contributed by atoms with Crippen molar-refractivity contribution < 1.29 is 13.9 Å². The molecule has 0 atom stereocenters. The van der Waals surface area contributed by atoms with E-state index in [4.69, 9.17) is 9.47 Å². The number of nitrogens with one attached hydrogen (secondary N) is 1. The summed E-state index contributed by atoms with van der Waals surface area (Å²) in [6.45, 7) is 5.75. The zero-order valence-electron chi connectivity index (χ0n) is 19.4. The Balaban J connectivity index is 0.00000306. The topological polar surface area (TPSA) is 49.3 Å². The lowest BCUT2D eigenvalue weighted by Crippen LogP contribution is -2.55. The minimum atomic E-state index is -0.201. The number of halogens is 2. The number of benzene rings is 2. The zero-order chi connectivity index (χ0) is 22.4. The Morgan fingerprint density at radius 2 is 1.73 bits per heavy atom. The number of aliphatic imine (C=N–C) groups is 1. The Morgan fingerprint density at radius 3 is 2.36 bits per heavy atom. The summed E-state index contributed by atoms with van der Waals surface area (Å²) in [5, 5.41) is 3.62. The number of methoxy groups -OCH3 is 1. The molecule has 2 saturated heterocycles. The molecule has 2 aliphatic rings. The quantitative estimate of drug-likeness (QED) is 0.337. The molecule has 2 heterocycles. The molecule has 180 valence electrons. The second kappa shape index (κ2) is 11.9. The maximum Gasteiger partial charge on any atom is 0.193 e. The Morgan fingerprint density at radius 1 is 1.06 bits per heavy atom. The molecule has 0 amide bonds. The fraction of sp³-hybridized carbons (Fsp3) is 0.480. The average Bonchev–Trinajstić information content (AvgIpc) is 2.86. The van der Waals surface area contributed by atoms with Crippen LogP contribution in [0.2, 0.25) is 0 Å². The lowest BCUT2D eigenvalue weighted by atomic mass is 9.74. The van der Waals surface area contributed by atoms with Crippen LogP contribution in [-0.4, -0.2) is 71.0 Å². The fourth-order valence-electron chi connectivity index (χ4n) is 4.76. The summed E-state index contributed by atoms with van der Waals surface area (Å²) >= 11 is 0. The number of anilines is 1. The van der Waals surface area contributed by atoms with Crippen LogP contribution >= 0.6 is 24.0 Å². The molecule has 2 aliphatic heterocycles. The Hall–Kier alpha value is -2.07. The number of para-hydroxylation sites is 2. The lowest BCUT2D eigenvalue weighted by Gasteiger charge is -2.41. The molecule has 0 saturated carbocycles. The molecule has 4 rings (SSSR count). The molecule has 0 spiro atoms. The van der Waals surface area contributed by atoms with Gasteiger partial charge in [-0.2, -0.15) is 0 Å². The smallest absolute Gasteiger partial charge is 0.193 e. The zero-order valence-corrected chi connectivity index (χ0v) is 21.8. The van der Waals surface area contributed by atoms with E-state index < -0.39 is 0 Å². The van der Waals surface area contributed by atoms with Gasteiger partial charge in [-0.1, -0.05) is 24.3 Å². The summed E-state index contributed by atoms with van der Waals surface area (Å²) < 4.78 is 24.7. The van der Waals surface area contributed by atoms with Crippen molar-refractivity contribution in [2.75, 3.05) is 65.0 Å². The second-order valence-electron chi connectivity index (χ2n) is 8.45. The molecule has 0 bridgehead atoms. The van der Waals surface area contributed by atoms with Crippen LogP contribution in [0.5, 0.6) is 5.75 Å². The maximum atomic E-state index is 13.5. The molecular weight excluding hydrogens is 534 g/mol. The van der Waals surface area contributed by atoms with E-state index >= 15 is 0 Å². The SMILES string of the molecule is CN=C(NCC1(c2ccc(F)cc2)CCOCC1)N1CCN(c2ccccc2OC)CC1.I. The first-order valence-corrected chi connectivity index (χ1v) is 11.3. The maximum absolute atomic E-state index is 13.5. The number of ether oxygens (including phenoxy) is 2. The van der Waals surface area contributed by atoms with Gasteiger partial charge in [0, 0.05) is 58.4 Å². The van der Waals surface area contributed by atoms with Gasteiger partial charge in [-0.3, -0.25) is 4.99 Å². The van der Waals surface area contributed by atoms with E-state index in [1.165, 1.54) is 0 Å². The van der Waals surface area contributed by atoms with Gasteiger partial charge in [-0.05, 0) is 42.7 Å². The van der Waals surface area contributed by atoms with Crippen LogP contribution in [0.3, 0.4) is 0 Å². The number of rotatable bonds is 5. The van der Waals surface area contributed by atoms with E-state index in [1.54, 1.807) is 19.2 Å². The third-order valence-corrected chi connectivity index (χ3v) is 6.71. The monoisotopic (exact) mass is 568 g/mol. The molecule has 2 aromatic rings. The van der Waals surface area contributed by atoms with Gasteiger partial charge in [0.05, 0.1) is 12.8 Å². The van der Waals surface area contributed by atoms with E-state index in [0.29, 0.717) is 0 Å². The van der Waals surface area contributed by atoms with E-state index in [9.17, 15) is 4.39 Å². The predicted octanol–water partition coefficient (Wildman–Crippen LogP) is 3.90. The third-order valence-electron chi connectivity index (χ3n) is 6.71. The Kier molecular flexibility index (Phi) is 9.19. The number of hydrogen-bond acceptors (Lipinski definition) is 4. The highest BCUT2D eigenvalue weighted by atomic mass is 127. The van der Waals surface area contributed by atoms with Crippen molar-refractivity contribution in [2.24, 2.45) is 4.99 Å². The first kappa shape index (κ1) is 25.6. The number of hydrogen-bond donors (Lipinski definition) is 1. The summed E-state index contributed by atoms with van der Waals surface area (Å²) in [5.41, 5.74) is 2.21. The van der Waals surface area contributed by atoms with Crippen molar-refractivity contribution in [1.82, 2.24) is 10.2 Å². The number of piperazine rings is 1. The molecular formula is C25H34FIN4O2. The number of guanidine groups is 1. The molecule has 2 fully saturated rings. The molecule has 0 aliphatic carbocycles. The Bertz CT molecular complexity index is 911. The molecule has 2 aromatic carbocycles. The van der Waals surface area contributed by atoms with Crippen molar-refractivity contribution >= 4 is 35.6 Å². The molecule has 0 unspecified atom stereocenters. The summed E-state index contributed by atoms with van der Waals surface area (Å²) in [4.78, 5) is 9.23. The van der Waals surface area contributed by atoms with Gasteiger partial charge < -0.3 is 24.6 Å². The van der Waals surface area contributed by atoms with Gasteiger partial charge in [0.1, 0.15) is 11.6 Å². The van der Waals surface area contributed by atoms with Crippen LogP contribution in [0.1, 0.15) is 18.4 Å². The van der Waals surface area contributed by atoms with Crippen molar-refractivity contribution in [1.29, 1.82) is 0 Å². The normalized spacial score (nSPS) is 18.5. The van der Waals surface area contributed by atoms with Crippen LogP contribution in [-0.2, 0) is 10.2 Å². The summed E-state index contributed by atoms with van der Waals surface area (Å²) in [6, 6.07) is 15.1. The van der Waals surface area contributed by atoms with Crippen LogP contribution in [0.4, 0.5) is 10.1 Å². The van der Waals surface area contributed by atoms with Crippen molar-refractivity contribution in [3.63, 3.8) is 0 Å². The second-order valence-corrected chi connectivity index (χ2v) is 8.45. The standard InChI is InChI=1S/C25H33FN4O2.HI/c1-27-24(30-15-13-29(14-16-30)22-5-3-4-6-23(22)31-2)28-19-25(11-17-32-18-12-25)20-7-9-21(26)10-8-20;/h3-10H,11-19H2,1-2H3,(H,27,28);1H. The van der Waals surface area contributed by atoms with Crippen molar-refractivity contribution in [2.45, 2.75) is 18.3 Å². The predicted molar refractivity (Wildman–Crippen MR) is 142 cm³/mol. The number of nitrogens with zero attached hydrogens (tertiary/aromatic N) is 3. The summed E-state index contributed by atoms with van der Waals surface area (Å²) in [5.74, 6) is 1.62. The van der Waals surface area contributed by atoms with E-state index in [0.717, 1.165) is 81.7 Å². The van der Waals surface area contributed by atoms with E-state index in [2.05, 4.69) is 26.2 Å². The largest absolute Gasteiger partial charge is 0.495 e. The highest BCUT2D eigenvalue weighted by molar-refractivity contribution is 14.0. The van der Waals surface area contributed by atoms with Gasteiger partial charge in [-0.15, -0.1) is 24.0 Å². The van der Waals surface area contributed by atoms with Crippen molar-refractivity contribution in [3.05, 3.63) is 59.9 Å². The fourth-order valence-corrected chi connectivity index (χ4v) is 4.76. The minimum Gasteiger partial charge on any atom is -0.495 e. The molecule has 8 heteroatoms. The third kappa shape index (κ3) is 5.90. The summed E-state index contributed by atoms with van der Waals surface area (Å²) in [7, 11) is 3.55. The van der Waals surface area contributed by atoms with Gasteiger partial charge in [-0.25, -0.2) is 4.39 Å². The lowest BCUT2D eigenvalue weighted by molar-refractivity contribution is 0.0511. The highest BCUT2D eigenvalue weighted by Crippen LogP contribution is 2.34. The molecule has 0 aromatic heterocycles. The van der Waals surface area contributed by atoms with Gasteiger partial charge in [0.15, 0.2) is 5.96 Å². The first-order chi connectivity index (χ1) is 15.6. The summed E-state index contributed by atoms with van der Waals surface area (Å²) in [6.07, 6.45) is 1.81. The molecule has 33 heavy (non-hydrogen) atoms. The van der Waals surface area contributed by atoms with Crippen LogP contribution in [0.25, 0.3) is 0 Å². The Labute approximate surface area is 213 Å². The minimum absolute atomic E-state index is 0. The van der Waals surface area contributed by atoms with E-state index in [-0.39, 0.29) is 35.2 Å². The van der Waals surface area contributed by atoms with Gasteiger partial charge in [0.2, 0.25) is 0 Å². The van der Waals surface area contributed by atoms with E-state index in [1.807, 2.05) is 37.4 Å². The van der Waals surface area contributed by atoms with Gasteiger partial charge >= 0.3 is 0 Å². The first-order valence-electron chi connectivity index (χ1n) is 11.3. The van der Waals surface area contributed by atoms with Crippen LogP contribution in [0, 0.1) is 5.82 Å². The highest BCUT2D eigenvalue weighted by Gasteiger charge is 2.35. The average molecular weight is 568 g/mol. The van der Waals surface area contributed by atoms with Crippen LogP contribution in [0.15, 0.2) is 53.5 Å². The molecule has 0 radical (unpaired) electrons. The van der Waals surface area contributed by atoms with Crippen molar-refractivity contribution in [3.8, 4) is 5.75 Å². The van der Waals surface area contributed by atoms with Crippen LogP contribution < -0.4 is 15.0 Å².